The zero-order chi connectivity index (χ0) is 15.2. The van der Waals surface area contributed by atoms with Crippen LogP contribution in [0.4, 0.5) is 11.6 Å². The molecule has 0 unspecified atom stereocenters. The van der Waals surface area contributed by atoms with E-state index in [9.17, 15) is 0 Å². The average Bonchev–Trinajstić information content (AvgIpc) is 2.57. The molecule has 22 heavy (non-hydrogen) atoms. The van der Waals surface area contributed by atoms with Crippen LogP contribution in [0.15, 0.2) is 36.9 Å². The Morgan fingerprint density at radius 3 is 2.68 bits per heavy atom. The number of anilines is 2. The summed E-state index contributed by atoms with van der Waals surface area (Å²) in [6, 6.07) is 6.48. The fraction of sp³-hybridized carbons (Fsp3) is 0.471. The predicted molar refractivity (Wildman–Crippen MR) is 89.1 cm³/mol. The molecule has 5 heteroatoms. The largest absolute Gasteiger partial charge is 0.367 e. The third-order valence-corrected chi connectivity index (χ3v) is 4.02. The smallest absolute Gasteiger partial charge is 0.134 e. The summed E-state index contributed by atoms with van der Waals surface area (Å²) in [4.78, 5) is 15.2. The summed E-state index contributed by atoms with van der Waals surface area (Å²) < 4.78 is 0. The first-order valence-corrected chi connectivity index (χ1v) is 8.04. The van der Waals surface area contributed by atoms with Gasteiger partial charge in [0.25, 0.3) is 0 Å². The number of hydrogen-bond donors (Lipinski definition) is 1. The fourth-order valence-corrected chi connectivity index (χ4v) is 2.90. The van der Waals surface area contributed by atoms with Crippen molar-refractivity contribution in [1.29, 1.82) is 0 Å². The highest BCUT2D eigenvalue weighted by Gasteiger charge is 2.13. The molecule has 116 valence electrons. The van der Waals surface area contributed by atoms with E-state index in [1.807, 2.05) is 12.4 Å². The molecule has 3 heterocycles. The molecular weight excluding hydrogens is 274 g/mol. The van der Waals surface area contributed by atoms with Gasteiger partial charge in [-0.25, -0.2) is 9.97 Å². The zero-order valence-electron chi connectivity index (χ0n) is 13.1. The van der Waals surface area contributed by atoms with Gasteiger partial charge < -0.3 is 10.2 Å². The standard InChI is InChI=1S/C17H23N5/c1-14(11-15-5-7-18-8-6-15)21-16-12-17(20-13-19-16)22-9-3-2-4-10-22/h5-8,12-14H,2-4,9-11H2,1H3,(H,19,20,21)/t14-/m0/s1. The molecule has 1 N–H and O–H groups in total. The monoisotopic (exact) mass is 297 g/mol. The van der Waals surface area contributed by atoms with Gasteiger partial charge in [-0.05, 0) is 50.3 Å². The van der Waals surface area contributed by atoms with Crippen LogP contribution in [0.2, 0.25) is 0 Å². The van der Waals surface area contributed by atoms with E-state index < -0.39 is 0 Å². The van der Waals surface area contributed by atoms with Crippen LogP contribution >= 0.6 is 0 Å². The molecule has 0 aliphatic carbocycles. The van der Waals surface area contributed by atoms with Crippen LogP contribution < -0.4 is 10.2 Å². The Morgan fingerprint density at radius 1 is 1.14 bits per heavy atom. The molecule has 1 saturated heterocycles. The van der Waals surface area contributed by atoms with Crippen molar-refractivity contribution in [2.45, 2.75) is 38.6 Å². The Kier molecular flexibility index (Phi) is 4.83. The predicted octanol–water partition coefficient (Wildman–Crippen LogP) is 2.91. The number of pyridine rings is 1. The topological polar surface area (TPSA) is 53.9 Å². The van der Waals surface area contributed by atoms with Crippen LogP contribution in [-0.2, 0) is 6.42 Å². The van der Waals surface area contributed by atoms with Crippen molar-refractivity contribution in [3.63, 3.8) is 0 Å². The first kappa shape index (κ1) is 14.8. The van der Waals surface area contributed by atoms with Gasteiger partial charge in [-0.15, -0.1) is 0 Å². The molecule has 0 spiro atoms. The molecule has 3 rings (SSSR count). The highest BCUT2D eigenvalue weighted by atomic mass is 15.2. The summed E-state index contributed by atoms with van der Waals surface area (Å²) in [7, 11) is 0. The minimum Gasteiger partial charge on any atom is -0.367 e. The summed E-state index contributed by atoms with van der Waals surface area (Å²) in [6.45, 7) is 4.37. The first-order valence-electron chi connectivity index (χ1n) is 8.04. The van der Waals surface area contributed by atoms with E-state index in [-0.39, 0.29) is 0 Å². The number of hydrogen-bond acceptors (Lipinski definition) is 5. The molecule has 1 aliphatic heterocycles. The van der Waals surface area contributed by atoms with Gasteiger partial charge in [-0.2, -0.15) is 0 Å². The highest BCUT2D eigenvalue weighted by Crippen LogP contribution is 2.19. The summed E-state index contributed by atoms with van der Waals surface area (Å²) in [6.07, 6.45) is 10.1. The van der Waals surface area contributed by atoms with Crippen molar-refractivity contribution < 1.29 is 0 Å². The van der Waals surface area contributed by atoms with Crippen molar-refractivity contribution >= 4 is 11.6 Å². The lowest BCUT2D eigenvalue weighted by atomic mass is 10.1. The maximum atomic E-state index is 4.42. The molecule has 2 aromatic rings. The second kappa shape index (κ2) is 7.20. The van der Waals surface area contributed by atoms with Gasteiger partial charge in [-0.1, -0.05) is 0 Å². The molecule has 5 nitrogen and oxygen atoms in total. The summed E-state index contributed by atoms with van der Waals surface area (Å²) in [5.41, 5.74) is 1.28. The van der Waals surface area contributed by atoms with E-state index in [0.717, 1.165) is 31.1 Å². The SMILES string of the molecule is C[C@@H](Cc1ccncc1)Nc1cc(N2CCCCC2)ncn1. The number of rotatable bonds is 5. The maximum Gasteiger partial charge on any atom is 0.134 e. The summed E-state index contributed by atoms with van der Waals surface area (Å²) >= 11 is 0. The Morgan fingerprint density at radius 2 is 1.91 bits per heavy atom. The number of aromatic nitrogens is 3. The summed E-state index contributed by atoms with van der Waals surface area (Å²) in [5, 5.41) is 3.47. The molecule has 0 amide bonds. The lowest BCUT2D eigenvalue weighted by Gasteiger charge is -2.28. The molecule has 0 bridgehead atoms. The number of nitrogens with zero attached hydrogens (tertiary/aromatic N) is 4. The molecule has 1 atom stereocenters. The highest BCUT2D eigenvalue weighted by molar-refractivity contribution is 5.49. The second-order valence-corrected chi connectivity index (χ2v) is 5.91. The zero-order valence-corrected chi connectivity index (χ0v) is 13.1. The molecule has 0 saturated carbocycles. The van der Waals surface area contributed by atoms with E-state index in [1.165, 1.54) is 24.8 Å². The third-order valence-electron chi connectivity index (χ3n) is 4.02. The van der Waals surface area contributed by atoms with Crippen molar-refractivity contribution in [3.8, 4) is 0 Å². The lowest BCUT2D eigenvalue weighted by molar-refractivity contribution is 0.573. The normalized spacial score (nSPS) is 16.3. The van der Waals surface area contributed by atoms with E-state index in [2.05, 4.69) is 50.3 Å². The van der Waals surface area contributed by atoms with Crippen LogP contribution in [0.3, 0.4) is 0 Å². The Labute approximate surface area is 131 Å². The molecule has 0 radical (unpaired) electrons. The van der Waals surface area contributed by atoms with E-state index in [4.69, 9.17) is 0 Å². The summed E-state index contributed by atoms with van der Waals surface area (Å²) in [5.74, 6) is 1.94. The van der Waals surface area contributed by atoms with Gasteiger partial charge in [-0.3, -0.25) is 4.98 Å². The van der Waals surface area contributed by atoms with Gasteiger partial charge >= 0.3 is 0 Å². The number of nitrogens with one attached hydrogen (secondary N) is 1. The fourth-order valence-electron chi connectivity index (χ4n) is 2.90. The van der Waals surface area contributed by atoms with E-state index >= 15 is 0 Å². The third kappa shape index (κ3) is 3.93. The minimum absolute atomic E-state index is 0.312. The van der Waals surface area contributed by atoms with Gasteiger partial charge in [0.2, 0.25) is 0 Å². The Hall–Kier alpha value is -2.17. The van der Waals surface area contributed by atoms with Crippen LogP contribution in [0.1, 0.15) is 31.7 Å². The van der Waals surface area contributed by atoms with Crippen molar-refractivity contribution in [2.75, 3.05) is 23.3 Å². The molecular formula is C17H23N5. The molecule has 2 aromatic heterocycles. The Balaban J connectivity index is 1.62. The number of piperidine rings is 1. The molecule has 1 fully saturated rings. The van der Waals surface area contributed by atoms with Crippen molar-refractivity contribution in [2.24, 2.45) is 0 Å². The van der Waals surface area contributed by atoms with E-state index in [0.29, 0.717) is 6.04 Å². The maximum absolute atomic E-state index is 4.42. The van der Waals surface area contributed by atoms with Crippen molar-refractivity contribution in [1.82, 2.24) is 15.0 Å². The Bertz CT molecular complexity index is 581. The molecule has 0 aromatic carbocycles. The minimum atomic E-state index is 0.312. The lowest BCUT2D eigenvalue weighted by Crippen LogP contribution is -2.30. The van der Waals surface area contributed by atoms with Crippen LogP contribution in [-0.4, -0.2) is 34.1 Å². The average molecular weight is 297 g/mol. The van der Waals surface area contributed by atoms with Crippen LogP contribution in [0, 0.1) is 0 Å². The van der Waals surface area contributed by atoms with Gasteiger partial charge in [0.05, 0.1) is 0 Å². The van der Waals surface area contributed by atoms with Crippen LogP contribution in [0.5, 0.6) is 0 Å². The van der Waals surface area contributed by atoms with E-state index in [1.54, 1.807) is 6.33 Å². The van der Waals surface area contributed by atoms with Crippen molar-refractivity contribution in [3.05, 3.63) is 42.5 Å². The van der Waals surface area contributed by atoms with Crippen LogP contribution in [0.25, 0.3) is 0 Å². The van der Waals surface area contributed by atoms with Gasteiger partial charge in [0, 0.05) is 37.6 Å². The second-order valence-electron chi connectivity index (χ2n) is 5.91. The quantitative estimate of drug-likeness (QED) is 0.919. The first-order chi connectivity index (χ1) is 10.8. The molecule has 1 aliphatic rings. The van der Waals surface area contributed by atoms with Gasteiger partial charge in [0.15, 0.2) is 0 Å². The van der Waals surface area contributed by atoms with Gasteiger partial charge in [0.1, 0.15) is 18.0 Å².